The van der Waals surface area contributed by atoms with E-state index in [9.17, 15) is 4.79 Å². The molecule has 1 saturated heterocycles. The van der Waals surface area contributed by atoms with Gasteiger partial charge in [-0.15, -0.1) is 0 Å². The van der Waals surface area contributed by atoms with E-state index in [1.807, 2.05) is 75.3 Å². The van der Waals surface area contributed by atoms with Gasteiger partial charge < -0.3 is 19.7 Å². The third-order valence-electron chi connectivity index (χ3n) is 4.10. The Balaban J connectivity index is 2.03. The Labute approximate surface area is 156 Å². The molecule has 1 heterocycles. The van der Waals surface area contributed by atoms with Gasteiger partial charge in [-0.2, -0.15) is 0 Å². The molecular weight excluding hydrogens is 328 g/mol. The van der Waals surface area contributed by atoms with Crippen LogP contribution in [0, 0.1) is 5.92 Å². The van der Waals surface area contributed by atoms with E-state index in [1.54, 1.807) is 6.08 Å². The largest absolute Gasteiger partial charge is 0.493 e. The van der Waals surface area contributed by atoms with Crippen LogP contribution in [0.4, 0.5) is 5.69 Å². The maximum absolute atomic E-state index is 12.6. The van der Waals surface area contributed by atoms with Crippen LogP contribution >= 0.6 is 0 Å². The molecule has 140 valence electrons. The second-order valence-electron chi connectivity index (χ2n) is 6.52. The first kappa shape index (κ1) is 19.8. The smallest absolute Gasteiger partial charge is 0.255 e. The van der Waals surface area contributed by atoms with Gasteiger partial charge in [0.2, 0.25) is 0 Å². The second kappa shape index (κ2) is 9.82. The first-order valence-corrected chi connectivity index (χ1v) is 8.80. The molecule has 1 N–H and O–H groups in total. The molecule has 0 unspecified atom stereocenters. The predicted molar refractivity (Wildman–Crippen MR) is 105 cm³/mol. The average molecular weight is 356 g/mol. The number of nitrogens with one attached hydrogen (secondary N) is 1. The monoisotopic (exact) mass is 356 g/mol. The molecule has 1 aliphatic rings. The number of allylic oxidation sites excluding steroid dienone is 4. The summed E-state index contributed by atoms with van der Waals surface area (Å²) in [6.07, 6.45) is 7.40. The normalized spacial score (nSPS) is 15.7. The van der Waals surface area contributed by atoms with Crippen LogP contribution in [0.5, 0.6) is 5.75 Å². The molecule has 0 aromatic heterocycles. The van der Waals surface area contributed by atoms with Crippen LogP contribution < -0.4 is 10.1 Å². The molecule has 0 spiro atoms. The fourth-order valence-corrected chi connectivity index (χ4v) is 2.21. The highest BCUT2D eigenvalue weighted by molar-refractivity contribution is 6.06. The Kier molecular flexibility index (Phi) is 7.48. The minimum atomic E-state index is -0.157. The quantitative estimate of drug-likeness (QED) is 0.571. The first-order chi connectivity index (χ1) is 12.5. The van der Waals surface area contributed by atoms with Crippen LogP contribution in [0.2, 0.25) is 0 Å². The molecule has 0 saturated carbocycles. The summed E-state index contributed by atoms with van der Waals surface area (Å²) < 4.78 is 10.9. The Bertz CT molecular complexity index is 701. The number of nitrogens with zero attached hydrogens (tertiary/aromatic N) is 1. The fourth-order valence-electron chi connectivity index (χ4n) is 2.21. The lowest BCUT2D eigenvalue weighted by atomic mass is 10.1. The van der Waals surface area contributed by atoms with Gasteiger partial charge in [-0.25, -0.2) is 0 Å². The Hall–Kier alpha value is -2.53. The molecular formula is C21H28N2O3. The summed E-state index contributed by atoms with van der Waals surface area (Å²) >= 11 is 0. The first-order valence-electron chi connectivity index (χ1n) is 8.80. The molecule has 5 nitrogen and oxygen atoms in total. The zero-order chi connectivity index (χ0) is 18.9. The summed E-state index contributed by atoms with van der Waals surface area (Å²) in [5.41, 5.74) is 2.36. The number of carbonyl (C=O) groups excluding carboxylic acids is 1. The van der Waals surface area contributed by atoms with Crippen LogP contribution in [0.25, 0.3) is 0 Å². The van der Waals surface area contributed by atoms with E-state index in [0.717, 1.165) is 24.7 Å². The third kappa shape index (κ3) is 6.08. The van der Waals surface area contributed by atoms with Crippen LogP contribution in [-0.4, -0.2) is 44.7 Å². The van der Waals surface area contributed by atoms with Crippen molar-refractivity contribution in [2.24, 2.45) is 5.92 Å². The maximum Gasteiger partial charge on any atom is 0.255 e. The van der Waals surface area contributed by atoms with E-state index < -0.39 is 0 Å². The van der Waals surface area contributed by atoms with Crippen molar-refractivity contribution in [3.05, 3.63) is 59.8 Å². The number of ether oxygens (including phenoxy) is 2. The number of hydrogen-bond acceptors (Lipinski definition) is 4. The van der Waals surface area contributed by atoms with E-state index in [0.29, 0.717) is 23.8 Å². The summed E-state index contributed by atoms with van der Waals surface area (Å²) in [6, 6.07) is 7.45. The fraction of sp³-hybridized carbons (Fsp3) is 0.381. The van der Waals surface area contributed by atoms with E-state index in [2.05, 4.69) is 5.32 Å². The molecule has 1 aliphatic heterocycles. The Morgan fingerprint density at radius 3 is 2.73 bits per heavy atom. The molecule has 0 bridgehead atoms. The van der Waals surface area contributed by atoms with Crippen LogP contribution in [-0.2, 0) is 9.53 Å². The second-order valence-corrected chi connectivity index (χ2v) is 6.52. The van der Waals surface area contributed by atoms with Crippen molar-refractivity contribution in [1.82, 2.24) is 4.90 Å². The molecule has 1 aromatic rings. The summed E-state index contributed by atoms with van der Waals surface area (Å²) in [5.74, 6) is 1.05. The zero-order valence-electron chi connectivity index (χ0n) is 16.0. The third-order valence-corrected chi connectivity index (χ3v) is 4.10. The van der Waals surface area contributed by atoms with E-state index in [-0.39, 0.29) is 5.91 Å². The molecule has 0 atom stereocenters. The van der Waals surface area contributed by atoms with Gasteiger partial charge in [0.05, 0.1) is 19.8 Å². The number of benzene rings is 1. The number of rotatable bonds is 8. The molecule has 0 aliphatic carbocycles. The number of amides is 1. The van der Waals surface area contributed by atoms with Gasteiger partial charge in [0.25, 0.3) is 5.91 Å². The molecule has 5 heteroatoms. The van der Waals surface area contributed by atoms with Gasteiger partial charge in [0.1, 0.15) is 5.75 Å². The zero-order valence-corrected chi connectivity index (χ0v) is 16.0. The lowest BCUT2D eigenvalue weighted by Gasteiger charge is -2.25. The highest BCUT2D eigenvalue weighted by atomic mass is 16.5. The predicted octanol–water partition coefficient (Wildman–Crippen LogP) is 3.62. The summed E-state index contributed by atoms with van der Waals surface area (Å²) in [5, 5.41) is 2.93. The summed E-state index contributed by atoms with van der Waals surface area (Å²) in [4.78, 5) is 14.6. The van der Waals surface area contributed by atoms with Crippen molar-refractivity contribution >= 4 is 11.6 Å². The molecule has 1 aromatic carbocycles. The van der Waals surface area contributed by atoms with Crippen LogP contribution in [0.15, 0.2) is 59.8 Å². The van der Waals surface area contributed by atoms with Gasteiger partial charge in [0.15, 0.2) is 0 Å². The van der Waals surface area contributed by atoms with Crippen molar-refractivity contribution in [2.75, 3.05) is 39.2 Å². The minimum absolute atomic E-state index is 0.157. The molecule has 1 amide bonds. The van der Waals surface area contributed by atoms with E-state index >= 15 is 0 Å². The van der Waals surface area contributed by atoms with Gasteiger partial charge in [-0.1, -0.05) is 18.2 Å². The molecule has 2 rings (SSSR count). The van der Waals surface area contributed by atoms with Crippen molar-refractivity contribution in [3.63, 3.8) is 0 Å². The number of hydrogen-bond donors (Lipinski definition) is 1. The topological polar surface area (TPSA) is 50.8 Å². The van der Waals surface area contributed by atoms with Gasteiger partial charge in [0, 0.05) is 43.0 Å². The summed E-state index contributed by atoms with van der Waals surface area (Å²) in [7, 11) is 3.94. The lowest BCUT2D eigenvalue weighted by Crippen LogP contribution is -2.32. The van der Waals surface area contributed by atoms with E-state index in [4.69, 9.17) is 9.47 Å². The van der Waals surface area contributed by atoms with Crippen molar-refractivity contribution < 1.29 is 14.3 Å². The molecule has 26 heavy (non-hydrogen) atoms. The van der Waals surface area contributed by atoms with Crippen LogP contribution in [0.3, 0.4) is 0 Å². The highest BCUT2D eigenvalue weighted by Gasteiger charge is 2.18. The highest BCUT2D eigenvalue weighted by Crippen LogP contribution is 2.20. The van der Waals surface area contributed by atoms with Crippen molar-refractivity contribution in [1.29, 1.82) is 0 Å². The number of carbonyl (C=O) groups is 1. The SMILES string of the molecule is C\C=C/C(=C\C=C(/C)N(C)C)C(=O)Nc1cccc(OCC2COC2)c1. The average Bonchev–Trinajstić information content (AvgIpc) is 2.57. The van der Waals surface area contributed by atoms with Gasteiger partial charge in [-0.3, -0.25) is 4.79 Å². The van der Waals surface area contributed by atoms with E-state index in [1.165, 1.54) is 0 Å². The van der Waals surface area contributed by atoms with Gasteiger partial charge in [-0.05, 0) is 38.1 Å². The maximum atomic E-state index is 12.6. The van der Waals surface area contributed by atoms with Crippen LogP contribution in [0.1, 0.15) is 13.8 Å². The lowest BCUT2D eigenvalue weighted by molar-refractivity contribution is -0.112. The number of anilines is 1. The molecule has 1 fully saturated rings. The van der Waals surface area contributed by atoms with Crippen molar-refractivity contribution in [3.8, 4) is 5.75 Å². The van der Waals surface area contributed by atoms with Gasteiger partial charge >= 0.3 is 0 Å². The summed E-state index contributed by atoms with van der Waals surface area (Å²) in [6.45, 7) is 6.04. The van der Waals surface area contributed by atoms with Crippen molar-refractivity contribution in [2.45, 2.75) is 13.8 Å². The minimum Gasteiger partial charge on any atom is -0.493 e. The standard InChI is InChI=1S/C21H28N2O3/c1-5-7-18(11-10-16(2)23(3)4)21(24)22-19-8-6-9-20(12-19)26-15-17-13-25-14-17/h5-12,17H,13-15H2,1-4H3,(H,22,24)/b7-5-,16-10+,18-11+. The Morgan fingerprint density at radius 1 is 1.35 bits per heavy atom. The molecule has 0 radical (unpaired) electrons. The Morgan fingerprint density at radius 2 is 2.12 bits per heavy atom.